The lowest BCUT2D eigenvalue weighted by Gasteiger charge is -2.30. The van der Waals surface area contributed by atoms with Crippen molar-refractivity contribution in [2.24, 2.45) is 0 Å². The van der Waals surface area contributed by atoms with Crippen LogP contribution in [0.1, 0.15) is 15.9 Å². The molecule has 35 heavy (non-hydrogen) atoms. The quantitative estimate of drug-likeness (QED) is 0.370. The number of piperazine rings is 1. The number of nitrogens with zero attached hydrogens (tertiary/aromatic N) is 1. The maximum atomic E-state index is 13.4. The Kier molecular flexibility index (Phi) is 7.40. The zero-order valence-corrected chi connectivity index (χ0v) is 20.6. The highest BCUT2D eigenvalue weighted by atomic mass is 35.5. The zero-order valence-electron chi connectivity index (χ0n) is 19.0. The Balaban J connectivity index is 0.00000289. The van der Waals surface area contributed by atoms with Crippen LogP contribution in [0, 0.1) is 0 Å². The summed E-state index contributed by atoms with van der Waals surface area (Å²) in [5, 5.41) is 4.92. The highest BCUT2D eigenvalue weighted by molar-refractivity contribution is 7.93. The number of hydrogen-bond acceptors (Lipinski definition) is 5. The van der Waals surface area contributed by atoms with Crippen LogP contribution in [0.2, 0.25) is 0 Å². The van der Waals surface area contributed by atoms with E-state index in [0.717, 1.165) is 37.3 Å². The van der Waals surface area contributed by atoms with E-state index in [4.69, 9.17) is 0 Å². The lowest BCUT2D eigenvalue weighted by molar-refractivity contribution is 0.103. The minimum Gasteiger partial charge on any atom is -0.368 e. The molecule has 0 aromatic heterocycles. The average molecular weight is 508 g/mol. The molecule has 4 aromatic rings. The SMILES string of the molecule is Cl.O=C(c1ccccc1)c1cccc(NS(=O)(=O)c2ccc(N3CCNCC3)c3ccccc23)c1. The van der Waals surface area contributed by atoms with Gasteiger partial charge in [-0.1, -0.05) is 66.7 Å². The highest BCUT2D eigenvalue weighted by Gasteiger charge is 2.22. The predicted molar refractivity (Wildman–Crippen MR) is 143 cm³/mol. The first kappa shape index (κ1) is 24.7. The minimum atomic E-state index is -3.89. The largest absolute Gasteiger partial charge is 0.368 e. The number of carbonyl (C=O) groups excluding carboxylic acids is 1. The van der Waals surface area contributed by atoms with Crippen molar-refractivity contribution in [2.45, 2.75) is 4.90 Å². The first-order chi connectivity index (χ1) is 16.5. The lowest BCUT2D eigenvalue weighted by atomic mass is 10.0. The van der Waals surface area contributed by atoms with Gasteiger partial charge in [0.25, 0.3) is 10.0 Å². The molecule has 0 spiro atoms. The monoisotopic (exact) mass is 507 g/mol. The molecule has 0 amide bonds. The number of benzene rings is 4. The Bertz CT molecular complexity index is 1450. The van der Waals surface area contributed by atoms with E-state index < -0.39 is 10.0 Å². The summed E-state index contributed by atoms with van der Waals surface area (Å²) in [5.41, 5.74) is 2.35. The molecule has 0 saturated carbocycles. The number of sulfonamides is 1. The Labute approximate surface area is 211 Å². The van der Waals surface area contributed by atoms with E-state index in [0.29, 0.717) is 22.2 Å². The minimum absolute atomic E-state index is 0. The van der Waals surface area contributed by atoms with Crippen molar-refractivity contribution in [3.8, 4) is 0 Å². The van der Waals surface area contributed by atoms with Gasteiger partial charge in [0.05, 0.1) is 4.90 Å². The van der Waals surface area contributed by atoms with Crippen molar-refractivity contribution in [3.63, 3.8) is 0 Å². The van der Waals surface area contributed by atoms with Crippen LogP contribution < -0.4 is 14.9 Å². The molecule has 5 rings (SSSR count). The zero-order chi connectivity index (χ0) is 23.5. The van der Waals surface area contributed by atoms with Crippen molar-refractivity contribution in [1.29, 1.82) is 0 Å². The Hall–Kier alpha value is -3.39. The fraction of sp³-hybridized carbons (Fsp3) is 0.148. The van der Waals surface area contributed by atoms with Crippen LogP contribution in [0.15, 0.2) is 95.9 Å². The van der Waals surface area contributed by atoms with Gasteiger partial charge in [0.15, 0.2) is 5.78 Å². The van der Waals surface area contributed by atoms with Crippen LogP contribution in [0.25, 0.3) is 10.8 Å². The predicted octanol–water partition coefficient (Wildman–Crippen LogP) is 4.70. The molecule has 1 fully saturated rings. The summed E-state index contributed by atoms with van der Waals surface area (Å²) < 4.78 is 29.5. The molecule has 0 aliphatic carbocycles. The van der Waals surface area contributed by atoms with Crippen molar-refractivity contribution < 1.29 is 13.2 Å². The van der Waals surface area contributed by atoms with E-state index in [1.54, 1.807) is 54.6 Å². The van der Waals surface area contributed by atoms with E-state index in [1.165, 1.54) is 0 Å². The van der Waals surface area contributed by atoms with Crippen LogP contribution in [-0.4, -0.2) is 40.4 Å². The summed E-state index contributed by atoms with van der Waals surface area (Å²) in [7, 11) is -3.89. The van der Waals surface area contributed by atoms with E-state index in [-0.39, 0.29) is 23.1 Å². The number of nitrogens with one attached hydrogen (secondary N) is 2. The normalized spacial score (nSPS) is 13.8. The van der Waals surface area contributed by atoms with Crippen LogP contribution in [0.4, 0.5) is 11.4 Å². The van der Waals surface area contributed by atoms with Gasteiger partial charge in [-0.25, -0.2) is 8.42 Å². The van der Waals surface area contributed by atoms with Crippen molar-refractivity contribution in [3.05, 3.63) is 102 Å². The molecule has 1 aliphatic heterocycles. The number of ketones is 1. The number of rotatable bonds is 6. The summed E-state index contributed by atoms with van der Waals surface area (Å²) in [6, 6.07) is 26.7. The molecule has 0 radical (unpaired) electrons. The number of halogens is 1. The van der Waals surface area contributed by atoms with Gasteiger partial charge in [0.1, 0.15) is 0 Å². The molecule has 8 heteroatoms. The Morgan fingerprint density at radius 2 is 1.43 bits per heavy atom. The molecule has 0 unspecified atom stereocenters. The fourth-order valence-corrected chi connectivity index (χ4v) is 5.62. The molecule has 0 atom stereocenters. The molecule has 2 N–H and O–H groups in total. The van der Waals surface area contributed by atoms with Crippen molar-refractivity contribution in [2.75, 3.05) is 35.8 Å². The second-order valence-corrected chi connectivity index (χ2v) is 9.90. The molecule has 6 nitrogen and oxygen atoms in total. The number of hydrogen-bond donors (Lipinski definition) is 2. The van der Waals surface area contributed by atoms with Crippen LogP contribution in [-0.2, 0) is 10.0 Å². The standard InChI is InChI=1S/C27H25N3O3S.ClH/c31-27(20-7-2-1-3-8-20)21-9-6-10-22(19-21)29-34(32,33)26-14-13-25(30-17-15-28-16-18-30)23-11-4-5-12-24(23)26;/h1-14,19,28-29H,15-18H2;1H. The van der Waals surface area contributed by atoms with Gasteiger partial charge >= 0.3 is 0 Å². The van der Waals surface area contributed by atoms with Crippen molar-refractivity contribution in [1.82, 2.24) is 5.32 Å². The molecule has 4 aromatic carbocycles. The highest BCUT2D eigenvalue weighted by Crippen LogP contribution is 2.33. The first-order valence-electron chi connectivity index (χ1n) is 11.2. The fourth-order valence-electron chi connectivity index (χ4n) is 4.36. The average Bonchev–Trinajstić information content (AvgIpc) is 2.88. The van der Waals surface area contributed by atoms with Gasteiger partial charge in [-0.3, -0.25) is 9.52 Å². The third-order valence-corrected chi connectivity index (χ3v) is 7.46. The molecule has 1 heterocycles. The Morgan fingerprint density at radius 3 is 2.17 bits per heavy atom. The molecule has 0 bridgehead atoms. The smallest absolute Gasteiger partial charge is 0.262 e. The van der Waals surface area contributed by atoms with Crippen molar-refractivity contribution >= 4 is 50.4 Å². The second-order valence-electron chi connectivity index (χ2n) is 8.25. The second kappa shape index (κ2) is 10.5. The number of fused-ring (bicyclic) bond motifs is 1. The van der Waals surface area contributed by atoms with Gasteiger partial charge in [-0.2, -0.15) is 0 Å². The third-order valence-electron chi connectivity index (χ3n) is 6.02. The van der Waals surface area contributed by atoms with E-state index in [2.05, 4.69) is 14.9 Å². The lowest BCUT2D eigenvalue weighted by Crippen LogP contribution is -2.43. The van der Waals surface area contributed by atoms with E-state index in [9.17, 15) is 13.2 Å². The van der Waals surface area contributed by atoms with Crippen LogP contribution in [0.5, 0.6) is 0 Å². The Morgan fingerprint density at radius 1 is 0.771 bits per heavy atom. The van der Waals surface area contributed by atoms with Crippen LogP contribution >= 0.6 is 12.4 Å². The van der Waals surface area contributed by atoms with Gasteiger partial charge in [0.2, 0.25) is 0 Å². The number of carbonyl (C=O) groups is 1. The molecule has 1 aliphatic rings. The first-order valence-corrected chi connectivity index (χ1v) is 12.7. The summed E-state index contributed by atoms with van der Waals surface area (Å²) in [6.07, 6.45) is 0. The van der Waals surface area contributed by atoms with E-state index >= 15 is 0 Å². The summed E-state index contributed by atoms with van der Waals surface area (Å²) in [4.78, 5) is 15.3. The maximum absolute atomic E-state index is 13.4. The van der Waals surface area contributed by atoms with Crippen LogP contribution in [0.3, 0.4) is 0 Å². The molecule has 1 saturated heterocycles. The molecular formula is C27H26ClN3O3S. The van der Waals surface area contributed by atoms with E-state index in [1.807, 2.05) is 36.4 Å². The van der Waals surface area contributed by atoms with Gasteiger partial charge in [-0.15, -0.1) is 12.4 Å². The topological polar surface area (TPSA) is 78.5 Å². The number of anilines is 2. The van der Waals surface area contributed by atoms with Gasteiger partial charge < -0.3 is 10.2 Å². The van der Waals surface area contributed by atoms with Gasteiger partial charge in [0, 0.05) is 59.5 Å². The third kappa shape index (κ3) is 5.17. The van der Waals surface area contributed by atoms with Gasteiger partial charge in [-0.05, 0) is 24.3 Å². The summed E-state index contributed by atoms with van der Waals surface area (Å²) >= 11 is 0. The summed E-state index contributed by atoms with van der Waals surface area (Å²) in [6.45, 7) is 3.54. The maximum Gasteiger partial charge on any atom is 0.262 e. The summed E-state index contributed by atoms with van der Waals surface area (Å²) in [5.74, 6) is -0.160. The molecular weight excluding hydrogens is 482 g/mol. The molecule has 180 valence electrons.